The van der Waals surface area contributed by atoms with Crippen LogP contribution >= 0.6 is 0 Å². The Kier molecular flexibility index (Phi) is 7.20. The second kappa shape index (κ2) is 8.40. The van der Waals surface area contributed by atoms with Crippen LogP contribution in [0.3, 0.4) is 0 Å². The quantitative estimate of drug-likeness (QED) is 0.651. The molecule has 0 amide bonds. The molecule has 0 aliphatic rings. The lowest BCUT2D eigenvalue weighted by Gasteiger charge is -2.22. The van der Waals surface area contributed by atoms with Crippen LogP contribution in [0.25, 0.3) is 0 Å². The van der Waals surface area contributed by atoms with E-state index < -0.39 is 5.60 Å². The van der Waals surface area contributed by atoms with Gasteiger partial charge in [0.15, 0.2) is 0 Å². The SMILES string of the molecule is C[C@H](CCc1ccc(O)cc1)N[C@@H](C)CCCC(C)(C)O. The first-order valence-corrected chi connectivity index (χ1v) is 8.02. The Balaban J connectivity index is 2.20. The van der Waals surface area contributed by atoms with Crippen molar-refractivity contribution in [2.45, 2.75) is 77.5 Å². The van der Waals surface area contributed by atoms with Crippen LogP contribution in [-0.2, 0) is 6.42 Å². The summed E-state index contributed by atoms with van der Waals surface area (Å²) in [5, 5.41) is 22.6. The number of hydrogen-bond acceptors (Lipinski definition) is 3. The van der Waals surface area contributed by atoms with Crippen molar-refractivity contribution in [2.24, 2.45) is 0 Å². The van der Waals surface area contributed by atoms with Crippen LogP contribution in [0.2, 0.25) is 0 Å². The number of rotatable bonds is 9. The molecule has 0 bridgehead atoms. The van der Waals surface area contributed by atoms with Gasteiger partial charge in [0.2, 0.25) is 0 Å². The molecule has 0 heterocycles. The number of aryl methyl sites for hydroxylation is 1. The van der Waals surface area contributed by atoms with Crippen LogP contribution in [-0.4, -0.2) is 27.9 Å². The van der Waals surface area contributed by atoms with Crippen LogP contribution in [0.1, 0.15) is 58.9 Å². The van der Waals surface area contributed by atoms with Gasteiger partial charge in [0.05, 0.1) is 5.60 Å². The van der Waals surface area contributed by atoms with Gasteiger partial charge in [-0.05, 0) is 77.5 Å². The number of nitrogens with one attached hydrogen (secondary N) is 1. The summed E-state index contributed by atoms with van der Waals surface area (Å²) >= 11 is 0. The minimum atomic E-state index is -0.551. The van der Waals surface area contributed by atoms with E-state index >= 15 is 0 Å². The minimum absolute atomic E-state index is 0.324. The topological polar surface area (TPSA) is 52.5 Å². The molecule has 2 atom stereocenters. The number of benzene rings is 1. The molecule has 0 saturated carbocycles. The molecule has 3 nitrogen and oxygen atoms in total. The van der Waals surface area contributed by atoms with Crippen molar-refractivity contribution < 1.29 is 10.2 Å². The third-order valence-electron chi connectivity index (χ3n) is 3.80. The zero-order valence-corrected chi connectivity index (χ0v) is 13.9. The Hall–Kier alpha value is -1.06. The number of aromatic hydroxyl groups is 1. The molecule has 120 valence electrons. The Labute approximate surface area is 129 Å². The summed E-state index contributed by atoms with van der Waals surface area (Å²) in [6, 6.07) is 8.39. The van der Waals surface area contributed by atoms with Crippen LogP contribution in [0.15, 0.2) is 24.3 Å². The molecular formula is C18H31NO2. The van der Waals surface area contributed by atoms with Gasteiger partial charge in [0.1, 0.15) is 5.75 Å². The van der Waals surface area contributed by atoms with Gasteiger partial charge in [-0.25, -0.2) is 0 Å². The highest BCUT2D eigenvalue weighted by Crippen LogP contribution is 2.14. The van der Waals surface area contributed by atoms with Gasteiger partial charge in [0.25, 0.3) is 0 Å². The van der Waals surface area contributed by atoms with E-state index in [1.165, 1.54) is 5.56 Å². The van der Waals surface area contributed by atoms with Gasteiger partial charge in [-0.3, -0.25) is 0 Å². The third-order valence-corrected chi connectivity index (χ3v) is 3.80. The smallest absolute Gasteiger partial charge is 0.115 e. The number of aliphatic hydroxyl groups is 1. The second-order valence-electron chi connectivity index (χ2n) is 6.88. The average Bonchev–Trinajstić information content (AvgIpc) is 2.36. The van der Waals surface area contributed by atoms with E-state index in [2.05, 4.69) is 19.2 Å². The fraction of sp³-hybridized carbons (Fsp3) is 0.667. The van der Waals surface area contributed by atoms with Crippen molar-refractivity contribution in [1.82, 2.24) is 5.32 Å². The average molecular weight is 293 g/mol. The zero-order valence-electron chi connectivity index (χ0n) is 13.9. The first kappa shape index (κ1) is 18.0. The number of phenols is 1. The van der Waals surface area contributed by atoms with Gasteiger partial charge in [0, 0.05) is 12.1 Å². The van der Waals surface area contributed by atoms with Crippen LogP contribution < -0.4 is 5.32 Å². The van der Waals surface area contributed by atoms with Crippen molar-refractivity contribution in [3.63, 3.8) is 0 Å². The molecule has 0 fully saturated rings. The fourth-order valence-electron chi connectivity index (χ4n) is 2.54. The highest BCUT2D eigenvalue weighted by molar-refractivity contribution is 5.25. The molecule has 0 aromatic heterocycles. The van der Waals surface area contributed by atoms with Crippen molar-refractivity contribution in [1.29, 1.82) is 0 Å². The van der Waals surface area contributed by atoms with Crippen LogP contribution in [0, 0.1) is 0 Å². The Morgan fingerprint density at radius 1 is 1.05 bits per heavy atom. The lowest BCUT2D eigenvalue weighted by atomic mass is 9.99. The van der Waals surface area contributed by atoms with Crippen molar-refractivity contribution in [3.05, 3.63) is 29.8 Å². The summed E-state index contributed by atoms with van der Waals surface area (Å²) in [5.74, 6) is 0.324. The van der Waals surface area contributed by atoms with E-state index in [1.807, 2.05) is 26.0 Å². The molecule has 0 unspecified atom stereocenters. The summed E-state index contributed by atoms with van der Waals surface area (Å²) < 4.78 is 0. The maximum atomic E-state index is 9.70. The molecule has 0 saturated heterocycles. The van der Waals surface area contributed by atoms with Crippen molar-refractivity contribution >= 4 is 0 Å². The lowest BCUT2D eigenvalue weighted by molar-refractivity contribution is 0.0674. The van der Waals surface area contributed by atoms with E-state index in [-0.39, 0.29) is 0 Å². The Morgan fingerprint density at radius 2 is 1.62 bits per heavy atom. The third kappa shape index (κ3) is 8.74. The van der Waals surface area contributed by atoms with Gasteiger partial charge >= 0.3 is 0 Å². The molecule has 0 radical (unpaired) electrons. The molecule has 3 heteroatoms. The van der Waals surface area contributed by atoms with E-state index in [1.54, 1.807) is 12.1 Å². The Morgan fingerprint density at radius 3 is 2.19 bits per heavy atom. The van der Waals surface area contributed by atoms with Gasteiger partial charge in [-0.1, -0.05) is 12.1 Å². The summed E-state index contributed by atoms with van der Waals surface area (Å²) in [6.45, 7) is 8.16. The Bertz CT molecular complexity index is 395. The first-order chi connectivity index (χ1) is 9.76. The van der Waals surface area contributed by atoms with Crippen molar-refractivity contribution in [3.8, 4) is 5.75 Å². The maximum absolute atomic E-state index is 9.70. The molecule has 3 N–H and O–H groups in total. The summed E-state index contributed by atoms with van der Waals surface area (Å²) in [7, 11) is 0. The van der Waals surface area contributed by atoms with Gasteiger partial charge in [-0.15, -0.1) is 0 Å². The molecular weight excluding hydrogens is 262 g/mol. The normalized spacial score (nSPS) is 14.9. The highest BCUT2D eigenvalue weighted by Gasteiger charge is 2.13. The molecule has 0 aliphatic carbocycles. The monoisotopic (exact) mass is 293 g/mol. The van der Waals surface area contributed by atoms with Gasteiger partial charge < -0.3 is 15.5 Å². The molecule has 0 spiro atoms. The van der Waals surface area contributed by atoms with Crippen LogP contribution in [0.4, 0.5) is 0 Å². The molecule has 1 aromatic carbocycles. The molecule has 21 heavy (non-hydrogen) atoms. The predicted molar refractivity (Wildman–Crippen MR) is 88.6 cm³/mol. The summed E-state index contributed by atoms with van der Waals surface area (Å²) in [6.07, 6.45) is 5.09. The highest BCUT2D eigenvalue weighted by atomic mass is 16.3. The first-order valence-electron chi connectivity index (χ1n) is 8.02. The molecule has 0 aliphatic heterocycles. The van der Waals surface area contributed by atoms with E-state index in [4.69, 9.17) is 0 Å². The fourth-order valence-corrected chi connectivity index (χ4v) is 2.54. The van der Waals surface area contributed by atoms with E-state index in [0.29, 0.717) is 17.8 Å². The molecule has 1 rings (SSSR count). The minimum Gasteiger partial charge on any atom is -0.508 e. The molecule has 1 aromatic rings. The standard InChI is InChI=1S/C18H31NO2/c1-14(6-5-13-18(3,4)21)19-15(2)7-8-16-9-11-17(20)12-10-16/h9-12,14-15,19-21H,5-8,13H2,1-4H3/t14-,15+/m0/s1. The summed E-state index contributed by atoms with van der Waals surface area (Å²) in [5.41, 5.74) is 0.709. The largest absolute Gasteiger partial charge is 0.508 e. The number of hydrogen-bond donors (Lipinski definition) is 3. The summed E-state index contributed by atoms with van der Waals surface area (Å²) in [4.78, 5) is 0. The lowest BCUT2D eigenvalue weighted by Crippen LogP contribution is -2.35. The maximum Gasteiger partial charge on any atom is 0.115 e. The van der Waals surface area contributed by atoms with Crippen molar-refractivity contribution in [2.75, 3.05) is 0 Å². The second-order valence-corrected chi connectivity index (χ2v) is 6.88. The van der Waals surface area contributed by atoms with E-state index in [9.17, 15) is 10.2 Å². The van der Waals surface area contributed by atoms with E-state index in [0.717, 1.165) is 32.1 Å². The predicted octanol–water partition coefficient (Wildman–Crippen LogP) is 3.63. The zero-order chi connectivity index (χ0) is 15.9. The number of phenolic OH excluding ortho intramolecular Hbond substituents is 1. The van der Waals surface area contributed by atoms with Crippen LogP contribution in [0.5, 0.6) is 5.75 Å². The van der Waals surface area contributed by atoms with Gasteiger partial charge in [-0.2, -0.15) is 0 Å².